The summed E-state index contributed by atoms with van der Waals surface area (Å²) in [4.78, 5) is 62.6. The van der Waals surface area contributed by atoms with E-state index in [0.717, 1.165) is 123 Å². The van der Waals surface area contributed by atoms with Gasteiger partial charge in [0.2, 0.25) is 0 Å². The van der Waals surface area contributed by atoms with E-state index in [1.54, 1.807) is 110 Å². The third-order valence-corrected chi connectivity index (χ3v) is 24.3. The van der Waals surface area contributed by atoms with Gasteiger partial charge in [0.1, 0.15) is 34.6 Å². The number of hydrogen-bond donors (Lipinski definition) is 3. The first kappa shape index (κ1) is 80.9. The fourth-order valence-electron chi connectivity index (χ4n) is 16.7. The van der Waals surface area contributed by atoms with Crippen LogP contribution in [0.4, 0.5) is 0 Å². The van der Waals surface area contributed by atoms with Crippen LogP contribution in [0.5, 0.6) is 34.5 Å². The van der Waals surface area contributed by atoms with Crippen LogP contribution in [0.2, 0.25) is 15.1 Å². The minimum Gasteiger partial charge on any atom is -0.478 e. The fourth-order valence-corrected chi connectivity index (χ4v) is 17.0. The van der Waals surface area contributed by atoms with Gasteiger partial charge in [0.25, 0.3) is 17.4 Å². The predicted octanol–water partition coefficient (Wildman–Crippen LogP) is 16.9. The molecule has 30 heteroatoms. The van der Waals surface area contributed by atoms with Crippen molar-refractivity contribution in [2.24, 2.45) is 0 Å². The highest BCUT2D eigenvalue weighted by molar-refractivity contribution is 6.31. The normalized spacial score (nSPS) is 23.3. The number of benzene rings is 6. The molecule has 6 aromatic heterocycles. The highest BCUT2D eigenvalue weighted by Crippen LogP contribution is 2.52. The molecule has 0 saturated carbocycles. The maximum atomic E-state index is 11.6. The molecule has 0 amide bonds. The highest BCUT2D eigenvalue weighted by Gasteiger charge is 2.46. The molecule has 123 heavy (non-hydrogen) atoms. The van der Waals surface area contributed by atoms with Crippen LogP contribution in [0, 0.1) is 0 Å². The van der Waals surface area contributed by atoms with Crippen LogP contribution in [-0.4, -0.2) is 153 Å². The van der Waals surface area contributed by atoms with Gasteiger partial charge in [-0.1, -0.05) is 89.4 Å². The smallest absolute Gasteiger partial charge is 0.335 e. The number of carbonyl (C=O) groups is 3. The number of hydrogen-bond acceptors (Lipinski definition) is 21. The molecule has 9 atom stereocenters. The molecule has 3 fully saturated rings. The van der Waals surface area contributed by atoms with Gasteiger partial charge in [0, 0.05) is 95.1 Å². The molecule has 0 bridgehead atoms. The molecular weight excluding hydrogens is 1640 g/mol. The lowest BCUT2D eigenvalue weighted by Crippen LogP contribution is -2.32. The van der Waals surface area contributed by atoms with Crippen LogP contribution in [0.15, 0.2) is 182 Å². The zero-order valence-electron chi connectivity index (χ0n) is 67.1. The molecule has 21 rings (SSSR count). The van der Waals surface area contributed by atoms with Crippen molar-refractivity contribution in [3.05, 3.63) is 265 Å². The molecule has 0 radical (unpaired) electrons. The van der Waals surface area contributed by atoms with Crippen molar-refractivity contribution < 1.29 is 86.5 Å². The number of halogens is 3. The van der Waals surface area contributed by atoms with Crippen LogP contribution in [0.25, 0.3) is 49.8 Å². The number of para-hydroxylation sites is 3. The number of carboxylic acid groups (broad SMARTS) is 3. The number of pyridine rings is 3. The number of fused-ring (bicyclic) bond motifs is 6. The Kier molecular flexibility index (Phi) is 22.0. The van der Waals surface area contributed by atoms with Gasteiger partial charge in [0.05, 0.1) is 141 Å². The van der Waals surface area contributed by atoms with Crippen molar-refractivity contribution in [1.29, 1.82) is 0 Å². The molecule has 630 valence electrons. The second-order valence-electron chi connectivity index (χ2n) is 32.0. The lowest BCUT2D eigenvalue weighted by atomic mass is 9.99. The first-order chi connectivity index (χ1) is 59.6. The Morgan fingerprint density at radius 1 is 0.382 bits per heavy atom. The van der Waals surface area contributed by atoms with E-state index >= 15 is 0 Å². The van der Waals surface area contributed by atoms with Crippen molar-refractivity contribution in [3.8, 4) is 34.5 Å². The van der Waals surface area contributed by atoms with Gasteiger partial charge < -0.3 is 85.9 Å². The third kappa shape index (κ3) is 16.6. The minimum absolute atomic E-state index is 0.0759. The number of aromatic nitrogens is 9. The molecular formula is C93H84Cl3N9O18. The summed E-state index contributed by atoms with van der Waals surface area (Å²) in [5, 5.41) is 30.2. The van der Waals surface area contributed by atoms with Crippen LogP contribution >= 0.6 is 34.8 Å². The van der Waals surface area contributed by atoms with E-state index in [1.807, 2.05) is 75.4 Å². The van der Waals surface area contributed by atoms with Crippen LogP contribution in [0.1, 0.15) is 142 Å². The first-order valence-corrected chi connectivity index (χ1v) is 42.1. The van der Waals surface area contributed by atoms with Crippen LogP contribution in [-0.2, 0) is 84.7 Å². The molecule has 15 heterocycles. The molecule has 12 aromatic rings. The number of nitrogens with zero attached hydrogens (tertiary/aromatic N) is 9. The standard InChI is InChI=1S/3C31H28ClN3O6/c3*1-31(27-10-7-20(32)15-33-27)40-26-4-2-3-23(29(26)41-31)19-5-8-21(39-17-19)14-28-34-24-9-6-18(30(36)37)13-25(24)35(28)16-22-11-12-38-22/h3*2-7,9-10,13,15,21-22H,8,11-12,14,16-17H2,1H3,(H,36,37)/t21?,22-,31+;21-,22+,31-;21-,22-,31+/m010/s1. The summed E-state index contributed by atoms with van der Waals surface area (Å²) in [6.45, 7) is 10.9. The lowest BCUT2D eigenvalue weighted by Gasteiger charge is -2.28. The van der Waals surface area contributed by atoms with Crippen molar-refractivity contribution >= 4 is 103 Å². The first-order valence-electron chi connectivity index (χ1n) is 40.9. The maximum absolute atomic E-state index is 11.6. The molecule has 9 aliphatic heterocycles. The Morgan fingerprint density at radius 2 is 0.675 bits per heavy atom. The van der Waals surface area contributed by atoms with Gasteiger partial charge >= 0.3 is 17.9 Å². The van der Waals surface area contributed by atoms with E-state index in [2.05, 4.69) is 46.9 Å². The number of ether oxygens (including phenoxy) is 12. The third-order valence-electron chi connectivity index (χ3n) is 23.7. The van der Waals surface area contributed by atoms with Gasteiger partial charge in [0.15, 0.2) is 34.5 Å². The molecule has 3 saturated heterocycles. The fraction of sp³-hybridized carbons (Fsp3) is 0.323. The zero-order valence-corrected chi connectivity index (χ0v) is 69.4. The van der Waals surface area contributed by atoms with Gasteiger partial charge in [-0.15, -0.1) is 0 Å². The average molecular weight is 1720 g/mol. The molecule has 27 nitrogen and oxygen atoms in total. The summed E-state index contributed by atoms with van der Waals surface area (Å²) >= 11 is 18.1. The molecule has 3 N–H and O–H groups in total. The van der Waals surface area contributed by atoms with Crippen LogP contribution in [0.3, 0.4) is 0 Å². The molecule has 9 aliphatic rings. The molecule has 1 unspecified atom stereocenters. The lowest BCUT2D eigenvalue weighted by molar-refractivity contribution is -0.0722. The summed E-state index contributed by atoms with van der Waals surface area (Å²) in [6.07, 6.45) is 18.2. The van der Waals surface area contributed by atoms with Crippen LogP contribution < -0.4 is 28.4 Å². The largest absolute Gasteiger partial charge is 0.478 e. The van der Waals surface area contributed by atoms with E-state index in [4.69, 9.17) is 107 Å². The Labute approximate surface area is 720 Å². The SMILES string of the molecule is C[C@@]1(c2ccc(Cl)cn2)Oc2cccc(C3=CCC(Cc4nc5ccc(C(=O)O)cc5n4C[C@@H]4CCO4)OC3)c2O1.C[C@@]1(c2ccc(Cl)cn2)Oc2cccc(C3=CC[C@@H](Cc4nc5ccc(C(=O)O)cc5n4C[C@@H]4CCO4)OC3)c2O1.C[C@@]1(c2ccc(Cl)cn2)Oc2cccc(C3=CC[C@H](Cc4nc5ccc(C(=O)O)cc5n4C[C@@H]4CCO4)OC3)c2O1. The Bertz CT molecular complexity index is 5630. The number of imidazole rings is 3. The molecule has 0 aliphatic carbocycles. The van der Waals surface area contributed by atoms with Gasteiger partial charge in [-0.3, -0.25) is 15.0 Å². The van der Waals surface area contributed by atoms with Crippen molar-refractivity contribution in [1.82, 2.24) is 43.6 Å². The number of rotatable bonds is 21. The highest BCUT2D eigenvalue weighted by atomic mass is 35.5. The summed E-state index contributed by atoms with van der Waals surface area (Å²) in [5.74, 6) is 0.470. The van der Waals surface area contributed by atoms with E-state index < -0.39 is 35.3 Å². The summed E-state index contributed by atoms with van der Waals surface area (Å²) in [7, 11) is 0. The van der Waals surface area contributed by atoms with Gasteiger partial charge in [-0.25, -0.2) is 29.3 Å². The van der Waals surface area contributed by atoms with E-state index in [9.17, 15) is 29.7 Å². The number of aromatic carboxylic acids is 3. The maximum Gasteiger partial charge on any atom is 0.335 e. The van der Waals surface area contributed by atoms with E-state index in [0.29, 0.717) is 145 Å². The average Bonchev–Trinajstić information content (AvgIpc) is 1.63. The summed E-state index contributed by atoms with van der Waals surface area (Å²) in [6, 6.07) is 43.4. The molecule has 0 spiro atoms. The Hall–Kier alpha value is -11.8. The second-order valence-corrected chi connectivity index (χ2v) is 33.3. The molecule has 6 aromatic carbocycles. The minimum atomic E-state index is -1.06. The summed E-state index contributed by atoms with van der Waals surface area (Å²) < 4.78 is 80.1. The Morgan fingerprint density at radius 3 is 0.911 bits per heavy atom. The van der Waals surface area contributed by atoms with E-state index in [1.165, 1.54) is 0 Å². The van der Waals surface area contributed by atoms with Gasteiger partial charge in [-0.2, -0.15) is 0 Å². The summed E-state index contributed by atoms with van der Waals surface area (Å²) in [5.41, 5.74) is 13.2. The van der Waals surface area contributed by atoms with Crippen molar-refractivity contribution in [2.45, 2.75) is 152 Å². The monoisotopic (exact) mass is 1720 g/mol. The topological polar surface area (TPSA) is 315 Å². The predicted molar refractivity (Wildman–Crippen MR) is 454 cm³/mol. The van der Waals surface area contributed by atoms with Gasteiger partial charge in [-0.05, 0) is 164 Å². The quantitative estimate of drug-likeness (QED) is 0.0602. The second kappa shape index (κ2) is 33.5. The zero-order chi connectivity index (χ0) is 84.4. The number of carboxylic acids is 3. The van der Waals surface area contributed by atoms with Crippen molar-refractivity contribution in [2.75, 3.05) is 39.6 Å². The van der Waals surface area contributed by atoms with Crippen molar-refractivity contribution in [3.63, 3.8) is 0 Å². The van der Waals surface area contributed by atoms with E-state index in [-0.39, 0.29) is 53.3 Å². The Balaban J connectivity index is 0.000000121.